The van der Waals surface area contributed by atoms with E-state index < -0.39 is 0 Å². The van der Waals surface area contributed by atoms with Crippen LogP contribution in [0.3, 0.4) is 0 Å². The highest BCUT2D eigenvalue weighted by Gasteiger charge is 2.21. The normalized spacial score (nSPS) is 18.6. The maximum atomic E-state index is 13.1. The van der Waals surface area contributed by atoms with Gasteiger partial charge in [0, 0.05) is 6.04 Å². The molecule has 2 heteroatoms. The van der Waals surface area contributed by atoms with Gasteiger partial charge in [-0.3, -0.25) is 0 Å². The van der Waals surface area contributed by atoms with Crippen LogP contribution in [0, 0.1) is 18.7 Å². The molecule has 0 amide bonds. The van der Waals surface area contributed by atoms with Gasteiger partial charge >= 0.3 is 0 Å². The molecule has 1 nitrogen and oxygen atoms in total. The Kier molecular flexibility index (Phi) is 3.06. The van der Waals surface area contributed by atoms with E-state index in [9.17, 15) is 4.39 Å². The highest BCUT2D eigenvalue weighted by Crippen LogP contribution is 2.33. The Morgan fingerprint density at radius 1 is 1.47 bits per heavy atom. The zero-order valence-corrected chi connectivity index (χ0v) is 9.17. The molecule has 1 aromatic rings. The minimum Gasteiger partial charge on any atom is -0.324 e. The van der Waals surface area contributed by atoms with E-state index in [4.69, 9.17) is 5.73 Å². The molecule has 0 heterocycles. The maximum Gasteiger partial charge on any atom is 0.126 e. The summed E-state index contributed by atoms with van der Waals surface area (Å²) in [6.45, 7) is 1.79. The van der Waals surface area contributed by atoms with Crippen LogP contribution in [0.25, 0.3) is 0 Å². The average molecular weight is 207 g/mol. The minimum atomic E-state index is -0.144. The van der Waals surface area contributed by atoms with Crippen molar-refractivity contribution in [2.24, 2.45) is 11.7 Å². The van der Waals surface area contributed by atoms with Crippen LogP contribution in [0.15, 0.2) is 18.2 Å². The molecular weight excluding hydrogens is 189 g/mol. The van der Waals surface area contributed by atoms with Crippen LogP contribution in [0.4, 0.5) is 4.39 Å². The highest BCUT2D eigenvalue weighted by atomic mass is 19.1. The maximum absolute atomic E-state index is 13.1. The van der Waals surface area contributed by atoms with Crippen molar-refractivity contribution in [3.8, 4) is 0 Å². The van der Waals surface area contributed by atoms with Crippen molar-refractivity contribution in [1.29, 1.82) is 0 Å². The molecule has 2 N–H and O–H groups in total. The van der Waals surface area contributed by atoms with Crippen molar-refractivity contribution in [3.05, 3.63) is 35.1 Å². The molecule has 82 valence electrons. The van der Waals surface area contributed by atoms with Crippen molar-refractivity contribution < 1.29 is 4.39 Å². The summed E-state index contributed by atoms with van der Waals surface area (Å²) in [5.41, 5.74) is 7.86. The lowest BCUT2D eigenvalue weighted by molar-refractivity contribution is 0.277. The minimum absolute atomic E-state index is 0.0783. The molecule has 1 aromatic carbocycles. The molecule has 1 saturated carbocycles. The first-order valence-electron chi connectivity index (χ1n) is 5.68. The summed E-state index contributed by atoms with van der Waals surface area (Å²) in [5.74, 6) is 0.653. The smallest absolute Gasteiger partial charge is 0.126 e. The van der Waals surface area contributed by atoms with E-state index in [1.54, 1.807) is 6.92 Å². The zero-order valence-electron chi connectivity index (χ0n) is 9.17. The van der Waals surface area contributed by atoms with Gasteiger partial charge in [0.15, 0.2) is 0 Å². The van der Waals surface area contributed by atoms with Crippen LogP contribution in [-0.4, -0.2) is 0 Å². The summed E-state index contributed by atoms with van der Waals surface area (Å²) < 4.78 is 13.1. The van der Waals surface area contributed by atoms with Gasteiger partial charge in [-0.2, -0.15) is 0 Å². The van der Waals surface area contributed by atoms with Gasteiger partial charge in [-0.05, 0) is 36.5 Å². The number of nitrogens with two attached hydrogens (primary N) is 1. The van der Waals surface area contributed by atoms with E-state index in [-0.39, 0.29) is 11.9 Å². The van der Waals surface area contributed by atoms with Crippen LogP contribution >= 0.6 is 0 Å². The summed E-state index contributed by atoms with van der Waals surface area (Å²) in [5, 5.41) is 0. The fourth-order valence-electron chi connectivity index (χ4n) is 2.12. The van der Waals surface area contributed by atoms with Gasteiger partial charge in [-0.25, -0.2) is 4.39 Å². The SMILES string of the molecule is Cc1cc(C(N)CC2CCC2)ccc1F. The van der Waals surface area contributed by atoms with Gasteiger partial charge in [-0.1, -0.05) is 31.4 Å². The number of halogens is 1. The molecule has 0 radical (unpaired) electrons. The van der Waals surface area contributed by atoms with Crippen LogP contribution in [0.1, 0.15) is 42.9 Å². The van der Waals surface area contributed by atoms with Gasteiger partial charge in [0.05, 0.1) is 0 Å². The number of hydrogen-bond donors (Lipinski definition) is 1. The van der Waals surface area contributed by atoms with Crippen molar-refractivity contribution in [3.63, 3.8) is 0 Å². The van der Waals surface area contributed by atoms with E-state index in [1.807, 2.05) is 12.1 Å². The Labute approximate surface area is 90.5 Å². The third-order valence-corrected chi connectivity index (χ3v) is 3.42. The predicted molar refractivity (Wildman–Crippen MR) is 60.0 cm³/mol. The first kappa shape index (κ1) is 10.6. The molecule has 1 aliphatic rings. The van der Waals surface area contributed by atoms with Gasteiger partial charge in [-0.15, -0.1) is 0 Å². The monoisotopic (exact) mass is 207 g/mol. The first-order chi connectivity index (χ1) is 7.16. The number of hydrogen-bond acceptors (Lipinski definition) is 1. The Balaban J connectivity index is 2.03. The van der Waals surface area contributed by atoms with Crippen LogP contribution < -0.4 is 5.73 Å². The second kappa shape index (κ2) is 4.31. The van der Waals surface area contributed by atoms with Crippen molar-refractivity contribution in [2.45, 2.75) is 38.6 Å². The van der Waals surface area contributed by atoms with Crippen LogP contribution in [0.5, 0.6) is 0 Å². The molecule has 0 bridgehead atoms. The molecule has 0 spiro atoms. The molecule has 1 fully saturated rings. The number of rotatable bonds is 3. The second-order valence-corrected chi connectivity index (χ2v) is 4.65. The lowest BCUT2D eigenvalue weighted by atomic mass is 9.80. The lowest BCUT2D eigenvalue weighted by Crippen LogP contribution is -2.20. The standard InChI is InChI=1S/C13H18FN/c1-9-7-11(5-6-12(9)14)13(15)8-10-3-2-4-10/h5-7,10,13H,2-4,8,15H2,1H3. The average Bonchev–Trinajstić information content (AvgIpc) is 2.15. The second-order valence-electron chi connectivity index (χ2n) is 4.65. The van der Waals surface area contributed by atoms with Gasteiger partial charge < -0.3 is 5.73 Å². The fraction of sp³-hybridized carbons (Fsp3) is 0.538. The number of benzene rings is 1. The van der Waals surface area contributed by atoms with Crippen molar-refractivity contribution in [2.75, 3.05) is 0 Å². The summed E-state index contributed by atoms with van der Waals surface area (Å²) in [6, 6.07) is 5.28. The molecule has 1 atom stereocenters. The molecule has 2 rings (SSSR count). The quantitative estimate of drug-likeness (QED) is 0.808. The molecule has 1 unspecified atom stereocenters. The summed E-state index contributed by atoms with van der Waals surface area (Å²) >= 11 is 0. The summed E-state index contributed by atoms with van der Waals surface area (Å²) in [7, 11) is 0. The topological polar surface area (TPSA) is 26.0 Å². The Morgan fingerprint density at radius 2 is 2.20 bits per heavy atom. The van der Waals surface area contributed by atoms with E-state index in [0.29, 0.717) is 5.56 Å². The predicted octanol–water partition coefficient (Wildman–Crippen LogP) is 3.32. The third-order valence-electron chi connectivity index (χ3n) is 3.42. The summed E-state index contributed by atoms with van der Waals surface area (Å²) in [4.78, 5) is 0. The van der Waals surface area contributed by atoms with E-state index in [1.165, 1.54) is 25.3 Å². The van der Waals surface area contributed by atoms with Gasteiger partial charge in [0.25, 0.3) is 0 Å². The molecule has 0 aliphatic heterocycles. The largest absolute Gasteiger partial charge is 0.324 e. The Morgan fingerprint density at radius 3 is 2.73 bits per heavy atom. The molecule has 15 heavy (non-hydrogen) atoms. The summed E-state index contributed by atoms with van der Waals surface area (Å²) in [6.07, 6.45) is 5.02. The Bertz CT molecular complexity index is 344. The molecule has 1 aliphatic carbocycles. The molecular formula is C13H18FN. The zero-order chi connectivity index (χ0) is 10.8. The third kappa shape index (κ3) is 2.37. The van der Waals surface area contributed by atoms with E-state index in [2.05, 4.69) is 0 Å². The Hall–Kier alpha value is -0.890. The highest BCUT2D eigenvalue weighted by molar-refractivity contribution is 5.26. The van der Waals surface area contributed by atoms with Gasteiger partial charge in [0.1, 0.15) is 5.82 Å². The van der Waals surface area contributed by atoms with Crippen molar-refractivity contribution >= 4 is 0 Å². The van der Waals surface area contributed by atoms with Gasteiger partial charge in [0.2, 0.25) is 0 Å². The van der Waals surface area contributed by atoms with Crippen LogP contribution in [-0.2, 0) is 0 Å². The lowest BCUT2D eigenvalue weighted by Gasteiger charge is -2.28. The number of aryl methyl sites for hydroxylation is 1. The van der Waals surface area contributed by atoms with E-state index >= 15 is 0 Å². The first-order valence-corrected chi connectivity index (χ1v) is 5.68. The fourth-order valence-corrected chi connectivity index (χ4v) is 2.12. The van der Waals surface area contributed by atoms with Crippen molar-refractivity contribution in [1.82, 2.24) is 0 Å². The molecule has 0 saturated heterocycles. The molecule has 0 aromatic heterocycles. The van der Waals surface area contributed by atoms with Crippen LogP contribution in [0.2, 0.25) is 0 Å². The van der Waals surface area contributed by atoms with E-state index in [0.717, 1.165) is 17.9 Å².